The maximum Gasteiger partial charge on any atom is 0.141 e. The summed E-state index contributed by atoms with van der Waals surface area (Å²) in [6.45, 7) is 0. The number of aromatic nitrogens is 1. The van der Waals surface area contributed by atoms with Crippen LogP contribution in [-0.4, -0.2) is 12.1 Å². The van der Waals surface area contributed by atoms with Gasteiger partial charge in [0.2, 0.25) is 0 Å². The summed E-state index contributed by atoms with van der Waals surface area (Å²) in [6.07, 6.45) is 7.23. The Hall–Kier alpha value is -1.09. The van der Waals surface area contributed by atoms with Crippen molar-refractivity contribution in [2.45, 2.75) is 25.3 Å². The van der Waals surface area contributed by atoms with Crippen LogP contribution in [0, 0.1) is 5.92 Å². The molecule has 3 nitrogen and oxygen atoms in total. The SMILES string of the molecule is COc1cnccc1C(N)CC1CC1. The van der Waals surface area contributed by atoms with Crippen molar-refractivity contribution in [1.29, 1.82) is 0 Å². The molecule has 76 valence electrons. The highest BCUT2D eigenvalue weighted by Gasteiger charge is 2.25. The lowest BCUT2D eigenvalue weighted by Gasteiger charge is -2.14. The molecule has 0 aromatic carbocycles. The minimum Gasteiger partial charge on any atom is -0.495 e. The molecular formula is C11H16N2O. The van der Waals surface area contributed by atoms with E-state index in [2.05, 4.69) is 4.98 Å². The van der Waals surface area contributed by atoms with Crippen LogP contribution in [0.15, 0.2) is 18.5 Å². The van der Waals surface area contributed by atoms with Crippen molar-refractivity contribution in [3.63, 3.8) is 0 Å². The zero-order valence-electron chi connectivity index (χ0n) is 8.44. The van der Waals surface area contributed by atoms with Crippen LogP contribution in [0.2, 0.25) is 0 Å². The van der Waals surface area contributed by atoms with Crippen molar-refractivity contribution >= 4 is 0 Å². The lowest BCUT2D eigenvalue weighted by Crippen LogP contribution is -2.12. The van der Waals surface area contributed by atoms with E-state index in [4.69, 9.17) is 10.5 Å². The van der Waals surface area contributed by atoms with Crippen LogP contribution in [0.25, 0.3) is 0 Å². The van der Waals surface area contributed by atoms with Crippen molar-refractivity contribution in [1.82, 2.24) is 4.98 Å². The Morgan fingerprint density at radius 1 is 1.64 bits per heavy atom. The molecule has 1 aromatic rings. The number of nitrogens with two attached hydrogens (primary N) is 1. The Kier molecular flexibility index (Phi) is 2.68. The maximum absolute atomic E-state index is 6.10. The average molecular weight is 192 g/mol. The molecule has 0 saturated heterocycles. The van der Waals surface area contributed by atoms with Gasteiger partial charge >= 0.3 is 0 Å². The number of nitrogens with zero attached hydrogens (tertiary/aromatic N) is 1. The molecule has 3 heteroatoms. The largest absolute Gasteiger partial charge is 0.495 e. The van der Waals surface area contributed by atoms with E-state index in [9.17, 15) is 0 Å². The summed E-state index contributed by atoms with van der Waals surface area (Å²) in [5.74, 6) is 1.64. The van der Waals surface area contributed by atoms with Crippen LogP contribution in [0.5, 0.6) is 5.75 Å². The second-order valence-corrected chi connectivity index (χ2v) is 3.90. The van der Waals surface area contributed by atoms with Gasteiger partial charge in [-0.2, -0.15) is 0 Å². The van der Waals surface area contributed by atoms with Crippen LogP contribution in [0.1, 0.15) is 30.9 Å². The van der Waals surface area contributed by atoms with Gasteiger partial charge in [-0.3, -0.25) is 4.98 Å². The highest BCUT2D eigenvalue weighted by atomic mass is 16.5. The molecule has 2 rings (SSSR count). The predicted octanol–water partition coefficient (Wildman–Crippen LogP) is 1.89. The predicted molar refractivity (Wildman–Crippen MR) is 55.1 cm³/mol. The number of pyridine rings is 1. The van der Waals surface area contributed by atoms with Crippen molar-refractivity contribution in [2.75, 3.05) is 7.11 Å². The lowest BCUT2D eigenvalue weighted by molar-refractivity contribution is 0.401. The highest BCUT2D eigenvalue weighted by molar-refractivity contribution is 5.32. The van der Waals surface area contributed by atoms with Gasteiger partial charge in [0.25, 0.3) is 0 Å². The molecule has 1 heterocycles. The van der Waals surface area contributed by atoms with Crippen molar-refractivity contribution in [3.8, 4) is 5.75 Å². The number of hydrogen-bond donors (Lipinski definition) is 1. The summed E-state index contributed by atoms with van der Waals surface area (Å²) in [5.41, 5.74) is 7.18. The number of rotatable bonds is 4. The molecule has 2 N–H and O–H groups in total. The van der Waals surface area contributed by atoms with E-state index >= 15 is 0 Å². The number of hydrogen-bond acceptors (Lipinski definition) is 3. The van der Waals surface area contributed by atoms with E-state index in [-0.39, 0.29) is 6.04 Å². The Bertz CT molecular complexity index is 310. The van der Waals surface area contributed by atoms with Gasteiger partial charge in [0.05, 0.1) is 13.3 Å². The molecule has 1 fully saturated rings. The van der Waals surface area contributed by atoms with E-state index in [1.54, 1.807) is 19.5 Å². The normalized spacial score (nSPS) is 17.9. The Morgan fingerprint density at radius 3 is 3.07 bits per heavy atom. The van der Waals surface area contributed by atoms with Gasteiger partial charge in [-0.05, 0) is 18.4 Å². The maximum atomic E-state index is 6.10. The third-order valence-electron chi connectivity index (χ3n) is 2.72. The van der Waals surface area contributed by atoms with Crippen LogP contribution in [0.3, 0.4) is 0 Å². The van der Waals surface area contributed by atoms with Gasteiger partial charge in [0.1, 0.15) is 5.75 Å². The fourth-order valence-electron chi connectivity index (χ4n) is 1.71. The van der Waals surface area contributed by atoms with Crippen LogP contribution in [0.4, 0.5) is 0 Å². The Balaban J connectivity index is 2.11. The quantitative estimate of drug-likeness (QED) is 0.792. The molecule has 1 unspecified atom stereocenters. The van der Waals surface area contributed by atoms with Crippen LogP contribution in [-0.2, 0) is 0 Å². The van der Waals surface area contributed by atoms with Gasteiger partial charge in [-0.25, -0.2) is 0 Å². The number of methoxy groups -OCH3 is 1. The molecule has 1 aromatic heterocycles. The monoisotopic (exact) mass is 192 g/mol. The zero-order chi connectivity index (χ0) is 9.97. The zero-order valence-corrected chi connectivity index (χ0v) is 8.44. The van der Waals surface area contributed by atoms with Gasteiger partial charge in [0, 0.05) is 17.8 Å². The molecule has 0 bridgehead atoms. The summed E-state index contributed by atoms with van der Waals surface area (Å²) in [7, 11) is 1.66. The van der Waals surface area contributed by atoms with E-state index in [1.165, 1.54) is 12.8 Å². The summed E-state index contributed by atoms with van der Waals surface area (Å²) < 4.78 is 5.23. The van der Waals surface area contributed by atoms with E-state index in [0.29, 0.717) is 0 Å². The first-order valence-electron chi connectivity index (χ1n) is 5.04. The second-order valence-electron chi connectivity index (χ2n) is 3.90. The summed E-state index contributed by atoms with van der Waals surface area (Å²) in [6, 6.07) is 2.05. The molecule has 1 aliphatic rings. The molecule has 14 heavy (non-hydrogen) atoms. The first-order valence-corrected chi connectivity index (χ1v) is 5.04. The first kappa shape index (κ1) is 9.46. The van der Waals surface area contributed by atoms with Crippen LogP contribution >= 0.6 is 0 Å². The van der Waals surface area contributed by atoms with Crippen molar-refractivity contribution in [2.24, 2.45) is 11.7 Å². The fourth-order valence-corrected chi connectivity index (χ4v) is 1.71. The third kappa shape index (κ3) is 2.04. The minimum atomic E-state index is 0.0976. The summed E-state index contributed by atoms with van der Waals surface area (Å²) in [4.78, 5) is 4.01. The molecular weight excluding hydrogens is 176 g/mol. The number of ether oxygens (including phenoxy) is 1. The minimum absolute atomic E-state index is 0.0976. The van der Waals surface area contributed by atoms with Gasteiger partial charge in [-0.1, -0.05) is 12.8 Å². The molecule has 0 aliphatic heterocycles. The van der Waals surface area contributed by atoms with E-state index in [0.717, 1.165) is 23.7 Å². The smallest absolute Gasteiger partial charge is 0.141 e. The lowest BCUT2D eigenvalue weighted by atomic mass is 10.0. The fraction of sp³-hybridized carbons (Fsp3) is 0.545. The summed E-state index contributed by atoms with van der Waals surface area (Å²) in [5, 5.41) is 0. The van der Waals surface area contributed by atoms with Gasteiger partial charge < -0.3 is 10.5 Å². The highest BCUT2D eigenvalue weighted by Crippen LogP contribution is 2.38. The molecule has 1 aliphatic carbocycles. The second kappa shape index (κ2) is 3.96. The molecule has 1 atom stereocenters. The topological polar surface area (TPSA) is 48.1 Å². The van der Waals surface area contributed by atoms with Crippen molar-refractivity contribution in [3.05, 3.63) is 24.0 Å². The third-order valence-corrected chi connectivity index (χ3v) is 2.72. The van der Waals surface area contributed by atoms with E-state index in [1.807, 2.05) is 6.07 Å². The first-order chi connectivity index (χ1) is 6.81. The van der Waals surface area contributed by atoms with Gasteiger partial charge in [0.15, 0.2) is 0 Å². The standard InChI is InChI=1S/C11H16N2O/c1-14-11-7-13-5-4-9(11)10(12)6-8-2-3-8/h4-5,7-8,10H,2-3,6,12H2,1H3. The van der Waals surface area contributed by atoms with Crippen LogP contribution < -0.4 is 10.5 Å². The molecule has 0 radical (unpaired) electrons. The Morgan fingerprint density at radius 2 is 2.43 bits per heavy atom. The average Bonchev–Trinajstić information content (AvgIpc) is 3.01. The Labute approximate surface area is 84.3 Å². The molecule has 0 amide bonds. The summed E-state index contributed by atoms with van der Waals surface area (Å²) >= 11 is 0. The van der Waals surface area contributed by atoms with E-state index < -0.39 is 0 Å². The van der Waals surface area contributed by atoms with Gasteiger partial charge in [-0.15, -0.1) is 0 Å². The molecule has 0 spiro atoms. The molecule has 1 saturated carbocycles. The van der Waals surface area contributed by atoms with Crippen molar-refractivity contribution < 1.29 is 4.74 Å².